The topological polar surface area (TPSA) is 58.9 Å². The summed E-state index contributed by atoms with van der Waals surface area (Å²) in [5.41, 5.74) is 1.69. The second-order valence-electron chi connectivity index (χ2n) is 5.68. The number of benzene rings is 1. The third kappa shape index (κ3) is 3.53. The van der Waals surface area contributed by atoms with Crippen LogP contribution < -0.4 is 10.1 Å². The van der Waals surface area contributed by atoms with Crippen molar-refractivity contribution in [3.05, 3.63) is 53.4 Å². The number of nitrogens with zero attached hydrogens (tertiary/aromatic N) is 3. The highest BCUT2D eigenvalue weighted by atomic mass is 35.5. The van der Waals surface area contributed by atoms with Crippen molar-refractivity contribution in [1.82, 2.24) is 19.6 Å². The third-order valence-corrected chi connectivity index (χ3v) is 5.26. The summed E-state index contributed by atoms with van der Waals surface area (Å²) in [6, 6.07) is 7.83. The van der Waals surface area contributed by atoms with Gasteiger partial charge in [0.25, 0.3) is 5.91 Å². The molecule has 1 amide bonds. The molecule has 3 aromatic rings. The molecule has 26 heavy (non-hydrogen) atoms. The third-order valence-electron chi connectivity index (χ3n) is 4.38. The van der Waals surface area contributed by atoms with E-state index in [1.165, 1.54) is 11.3 Å². The number of piperazine rings is 1. The van der Waals surface area contributed by atoms with Crippen molar-refractivity contribution in [2.75, 3.05) is 26.7 Å². The molecule has 1 saturated heterocycles. The van der Waals surface area contributed by atoms with Crippen molar-refractivity contribution in [3.8, 4) is 5.75 Å². The number of imidazole rings is 1. The fourth-order valence-electron chi connectivity index (χ4n) is 3.19. The summed E-state index contributed by atoms with van der Waals surface area (Å²) in [6.45, 7) is 2.16. The van der Waals surface area contributed by atoms with Crippen molar-refractivity contribution in [2.24, 2.45) is 0 Å². The summed E-state index contributed by atoms with van der Waals surface area (Å²) >= 11 is 1.53. The highest BCUT2D eigenvalue weighted by Crippen LogP contribution is 2.31. The molecule has 4 rings (SSSR count). The normalized spacial score (nSPS) is 16.7. The second kappa shape index (κ2) is 8.73. The van der Waals surface area contributed by atoms with Gasteiger partial charge >= 0.3 is 0 Å². The number of fused-ring (bicyclic) bond motifs is 1. The zero-order chi connectivity index (χ0) is 16.5. The minimum Gasteiger partial charge on any atom is -0.496 e. The Kier molecular flexibility index (Phi) is 6.88. The average molecular weight is 415 g/mol. The molecule has 1 aliphatic rings. The van der Waals surface area contributed by atoms with Gasteiger partial charge in [0, 0.05) is 30.6 Å². The minimum absolute atomic E-state index is 0. The molecule has 140 valence electrons. The van der Waals surface area contributed by atoms with Gasteiger partial charge in [-0.05, 0) is 6.07 Å². The van der Waals surface area contributed by atoms with Gasteiger partial charge in [-0.15, -0.1) is 36.2 Å². The summed E-state index contributed by atoms with van der Waals surface area (Å²) in [4.78, 5) is 20.2. The molecule has 0 bridgehead atoms. The van der Waals surface area contributed by atoms with Crippen molar-refractivity contribution in [1.29, 1.82) is 0 Å². The van der Waals surface area contributed by atoms with Crippen LogP contribution in [0.1, 0.15) is 22.1 Å². The van der Waals surface area contributed by atoms with Crippen LogP contribution >= 0.6 is 36.2 Å². The zero-order valence-corrected chi connectivity index (χ0v) is 16.6. The lowest BCUT2D eigenvalue weighted by atomic mass is 10.0. The first-order valence-electron chi connectivity index (χ1n) is 7.83. The molecule has 1 fully saturated rings. The van der Waals surface area contributed by atoms with Crippen LogP contribution in [0.4, 0.5) is 0 Å². The van der Waals surface area contributed by atoms with Crippen LogP contribution in [0.25, 0.3) is 4.83 Å². The summed E-state index contributed by atoms with van der Waals surface area (Å²) in [5.74, 6) is 0.832. The van der Waals surface area contributed by atoms with E-state index in [0.29, 0.717) is 18.8 Å². The van der Waals surface area contributed by atoms with E-state index in [9.17, 15) is 4.79 Å². The van der Waals surface area contributed by atoms with Crippen molar-refractivity contribution in [3.63, 3.8) is 0 Å². The van der Waals surface area contributed by atoms with Gasteiger partial charge in [0.1, 0.15) is 22.6 Å². The van der Waals surface area contributed by atoms with E-state index in [4.69, 9.17) is 4.74 Å². The summed E-state index contributed by atoms with van der Waals surface area (Å²) in [7, 11) is 1.66. The van der Waals surface area contributed by atoms with E-state index in [2.05, 4.69) is 10.3 Å². The summed E-state index contributed by atoms with van der Waals surface area (Å²) < 4.78 is 7.35. The molecule has 2 aromatic heterocycles. The Morgan fingerprint density at radius 1 is 1.35 bits per heavy atom. The first kappa shape index (κ1) is 20.5. The van der Waals surface area contributed by atoms with Gasteiger partial charge in [0.2, 0.25) is 0 Å². The number of hydrogen-bond donors (Lipinski definition) is 1. The van der Waals surface area contributed by atoms with E-state index in [-0.39, 0.29) is 36.8 Å². The van der Waals surface area contributed by atoms with Crippen LogP contribution in [-0.4, -0.2) is 46.9 Å². The van der Waals surface area contributed by atoms with E-state index in [0.717, 1.165) is 22.7 Å². The number of ether oxygens (including phenoxy) is 1. The van der Waals surface area contributed by atoms with Gasteiger partial charge in [0.05, 0.1) is 19.3 Å². The first-order chi connectivity index (χ1) is 11.8. The fourth-order valence-corrected chi connectivity index (χ4v) is 4.02. The molecule has 1 atom stereocenters. The Morgan fingerprint density at radius 3 is 2.96 bits per heavy atom. The number of halogens is 2. The van der Waals surface area contributed by atoms with Crippen molar-refractivity contribution < 1.29 is 9.53 Å². The Morgan fingerprint density at radius 2 is 2.15 bits per heavy atom. The number of carbonyl (C=O) groups is 1. The number of carbonyl (C=O) groups excluding carboxylic acids is 1. The molecule has 1 N–H and O–H groups in total. The van der Waals surface area contributed by atoms with E-state index < -0.39 is 0 Å². The number of aromatic nitrogens is 2. The molecule has 6 nitrogen and oxygen atoms in total. The van der Waals surface area contributed by atoms with Gasteiger partial charge in [-0.1, -0.05) is 18.2 Å². The smallest absolute Gasteiger partial charge is 0.272 e. The number of amides is 1. The monoisotopic (exact) mass is 414 g/mol. The number of hydrogen-bond acceptors (Lipinski definition) is 5. The molecule has 1 aliphatic heterocycles. The average Bonchev–Trinajstić information content (AvgIpc) is 3.24. The zero-order valence-electron chi connectivity index (χ0n) is 14.1. The van der Waals surface area contributed by atoms with Crippen LogP contribution in [-0.2, 0) is 0 Å². The number of thiazole rings is 1. The van der Waals surface area contributed by atoms with Gasteiger partial charge in [-0.2, -0.15) is 0 Å². The van der Waals surface area contributed by atoms with Crippen LogP contribution in [0.3, 0.4) is 0 Å². The first-order valence-corrected chi connectivity index (χ1v) is 8.71. The standard InChI is InChI=1S/C17H18N4O2S.2ClH/c1-23-15-5-3-2-4-12(15)13-8-18-6-7-20(13)17(22)14-10-24-16-9-19-11-21(14)16;;/h2-5,9-11,13,18H,6-8H2,1H3;2*1H. The van der Waals surface area contributed by atoms with Crippen LogP contribution in [0, 0.1) is 0 Å². The molecule has 3 heterocycles. The van der Waals surface area contributed by atoms with Crippen LogP contribution in [0.15, 0.2) is 42.2 Å². The minimum atomic E-state index is -0.0547. The molecule has 0 radical (unpaired) electrons. The molecule has 1 unspecified atom stereocenters. The maximum Gasteiger partial charge on any atom is 0.272 e. The van der Waals surface area contributed by atoms with Crippen LogP contribution in [0.2, 0.25) is 0 Å². The maximum absolute atomic E-state index is 13.2. The Bertz CT molecular complexity index is 882. The van der Waals surface area contributed by atoms with Crippen molar-refractivity contribution in [2.45, 2.75) is 6.04 Å². The van der Waals surface area contributed by atoms with Crippen molar-refractivity contribution >= 4 is 46.9 Å². The quantitative estimate of drug-likeness (QED) is 0.715. The Hall–Kier alpha value is -1.80. The van der Waals surface area contributed by atoms with Gasteiger partial charge in [0.15, 0.2) is 0 Å². The molecule has 0 saturated carbocycles. The predicted molar refractivity (Wildman–Crippen MR) is 107 cm³/mol. The number of rotatable bonds is 3. The highest BCUT2D eigenvalue weighted by Gasteiger charge is 2.31. The molecule has 0 spiro atoms. The Labute approximate surface area is 168 Å². The maximum atomic E-state index is 13.2. The highest BCUT2D eigenvalue weighted by molar-refractivity contribution is 7.15. The van der Waals surface area contributed by atoms with Gasteiger partial charge < -0.3 is 15.0 Å². The van der Waals surface area contributed by atoms with E-state index in [1.54, 1.807) is 19.6 Å². The van der Waals surface area contributed by atoms with E-state index in [1.807, 2.05) is 38.9 Å². The number of para-hydroxylation sites is 1. The molecular formula is C17H20Cl2N4O2S. The van der Waals surface area contributed by atoms with E-state index >= 15 is 0 Å². The predicted octanol–water partition coefficient (Wildman–Crippen LogP) is 3.03. The SMILES string of the molecule is COc1ccccc1C1CNCCN1C(=O)c1csc2cncn12.Cl.Cl. The lowest BCUT2D eigenvalue weighted by molar-refractivity contribution is 0.0624. The Balaban J connectivity index is 0.00000121. The largest absolute Gasteiger partial charge is 0.496 e. The van der Waals surface area contributed by atoms with Gasteiger partial charge in [-0.3, -0.25) is 9.20 Å². The molecule has 1 aromatic carbocycles. The molecule has 9 heteroatoms. The lowest BCUT2D eigenvalue weighted by Crippen LogP contribution is -2.49. The molecule has 0 aliphatic carbocycles. The second-order valence-corrected chi connectivity index (χ2v) is 6.57. The summed E-state index contributed by atoms with van der Waals surface area (Å²) in [6.07, 6.45) is 3.47. The summed E-state index contributed by atoms with van der Waals surface area (Å²) in [5, 5.41) is 5.28. The fraction of sp³-hybridized carbons (Fsp3) is 0.294. The van der Waals surface area contributed by atoms with Gasteiger partial charge in [-0.25, -0.2) is 4.98 Å². The number of methoxy groups -OCH3 is 1. The lowest BCUT2D eigenvalue weighted by Gasteiger charge is -2.37. The van der Waals surface area contributed by atoms with Crippen LogP contribution in [0.5, 0.6) is 5.75 Å². The molecular weight excluding hydrogens is 395 g/mol. The number of nitrogens with one attached hydrogen (secondary N) is 1.